The van der Waals surface area contributed by atoms with Gasteiger partial charge in [-0.3, -0.25) is 0 Å². The molecule has 0 aromatic heterocycles. The molecule has 0 radical (unpaired) electrons. The van der Waals surface area contributed by atoms with Crippen LogP contribution in [-0.4, -0.2) is 6.36 Å². The summed E-state index contributed by atoms with van der Waals surface area (Å²) in [5.41, 5.74) is 0.972. The second-order valence-electron chi connectivity index (χ2n) is 2.73. The van der Waals surface area contributed by atoms with Gasteiger partial charge >= 0.3 is 6.36 Å². The zero-order chi connectivity index (χ0) is 10.8. The zero-order valence-corrected chi connectivity index (χ0v) is 9.46. The van der Waals surface area contributed by atoms with E-state index in [1.807, 2.05) is 6.92 Å². The van der Waals surface area contributed by atoms with Crippen LogP contribution in [0.1, 0.15) is 16.4 Å². The van der Waals surface area contributed by atoms with E-state index in [2.05, 4.69) is 27.3 Å². The lowest BCUT2D eigenvalue weighted by atomic mass is 10.2. The van der Waals surface area contributed by atoms with Crippen LogP contribution < -0.4 is 4.74 Å². The summed E-state index contributed by atoms with van der Waals surface area (Å²) < 4.78 is 39.3. The third-order valence-corrected chi connectivity index (χ3v) is 2.29. The molecule has 14 heavy (non-hydrogen) atoms. The summed E-state index contributed by atoms with van der Waals surface area (Å²) >= 11 is 2.19. The molecular formula is C9H8F3IO. The molecule has 1 atom stereocenters. The van der Waals surface area contributed by atoms with E-state index in [9.17, 15) is 13.2 Å². The van der Waals surface area contributed by atoms with Crippen LogP contribution in [0.5, 0.6) is 5.75 Å². The second-order valence-corrected chi connectivity index (χ2v) is 4.60. The van der Waals surface area contributed by atoms with Crippen LogP contribution in [0.3, 0.4) is 0 Å². The molecule has 0 aliphatic rings. The van der Waals surface area contributed by atoms with Crippen LogP contribution in [0, 0.1) is 0 Å². The highest BCUT2D eigenvalue weighted by molar-refractivity contribution is 14.1. The Kier molecular flexibility index (Phi) is 3.63. The minimum Gasteiger partial charge on any atom is -0.406 e. The molecule has 0 aliphatic heterocycles. The molecule has 0 aliphatic carbocycles. The second kappa shape index (κ2) is 4.37. The number of halogens is 4. The Labute approximate surface area is 93.4 Å². The van der Waals surface area contributed by atoms with Gasteiger partial charge in [0.25, 0.3) is 0 Å². The van der Waals surface area contributed by atoms with Gasteiger partial charge in [-0.25, -0.2) is 0 Å². The summed E-state index contributed by atoms with van der Waals surface area (Å²) in [5, 5.41) is 0. The fourth-order valence-corrected chi connectivity index (χ4v) is 1.35. The van der Waals surface area contributed by atoms with Crippen molar-refractivity contribution in [1.29, 1.82) is 0 Å². The molecule has 0 N–H and O–H groups in total. The van der Waals surface area contributed by atoms with Crippen LogP contribution in [0.15, 0.2) is 24.3 Å². The Morgan fingerprint density at radius 2 is 1.71 bits per heavy atom. The van der Waals surface area contributed by atoms with Crippen molar-refractivity contribution in [2.45, 2.75) is 17.2 Å². The van der Waals surface area contributed by atoms with Gasteiger partial charge in [-0.15, -0.1) is 13.2 Å². The first kappa shape index (κ1) is 11.6. The summed E-state index contributed by atoms with van der Waals surface area (Å²) in [5.74, 6) is -0.182. The van der Waals surface area contributed by atoms with Gasteiger partial charge in [-0.1, -0.05) is 34.7 Å². The molecule has 0 fully saturated rings. The van der Waals surface area contributed by atoms with E-state index in [4.69, 9.17) is 0 Å². The monoisotopic (exact) mass is 316 g/mol. The van der Waals surface area contributed by atoms with Crippen LogP contribution >= 0.6 is 22.6 Å². The molecule has 1 nitrogen and oxygen atoms in total. The molecule has 1 aromatic carbocycles. The number of rotatable bonds is 2. The predicted octanol–water partition coefficient (Wildman–Crippen LogP) is 4.08. The Balaban J connectivity index is 2.74. The maximum atomic E-state index is 11.8. The van der Waals surface area contributed by atoms with Crippen molar-refractivity contribution in [2.24, 2.45) is 0 Å². The molecular weight excluding hydrogens is 308 g/mol. The molecule has 0 saturated carbocycles. The fraction of sp³-hybridized carbons (Fsp3) is 0.333. The average molecular weight is 316 g/mol. The Hall–Kier alpha value is -0.460. The van der Waals surface area contributed by atoms with Crippen molar-refractivity contribution in [2.75, 3.05) is 0 Å². The van der Waals surface area contributed by atoms with E-state index in [1.54, 1.807) is 12.1 Å². The average Bonchev–Trinajstić information content (AvgIpc) is 2.02. The summed E-state index contributed by atoms with van der Waals surface area (Å²) in [6, 6.07) is 5.88. The molecule has 0 bridgehead atoms. The molecule has 78 valence electrons. The standard InChI is InChI=1S/C9H8F3IO/c1-6(13)7-2-4-8(5-3-7)14-9(10,11)12/h2-6H,1H3/t6-/m1/s1. The van der Waals surface area contributed by atoms with E-state index < -0.39 is 6.36 Å². The molecule has 1 rings (SSSR count). The van der Waals surface area contributed by atoms with Gasteiger partial charge in [-0.2, -0.15) is 0 Å². The third-order valence-electron chi connectivity index (χ3n) is 1.57. The van der Waals surface area contributed by atoms with E-state index in [0.717, 1.165) is 5.56 Å². The van der Waals surface area contributed by atoms with Gasteiger partial charge in [0.15, 0.2) is 0 Å². The molecule has 0 unspecified atom stereocenters. The maximum absolute atomic E-state index is 11.8. The van der Waals surface area contributed by atoms with Crippen molar-refractivity contribution in [3.05, 3.63) is 29.8 Å². The number of hydrogen-bond donors (Lipinski definition) is 0. The molecule has 0 saturated heterocycles. The van der Waals surface area contributed by atoms with Crippen molar-refractivity contribution in [1.82, 2.24) is 0 Å². The topological polar surface area (TPSA) is 9.23 Å². The van der Waals surface area contributed by atoms with E-state index in [0.29, 0.717) is 0 Å². The van der Waals surface area contributed by atoms with E-state index in [-0.39, 0.29) is 9.67 Å². The number of hydrogen-bond acceptors (Lipinski definition) is 1. The van der Waals surface area contributed by atoms with E-state index in [1.165, 1.54) is 12.1 Å². The van der Waals surface area contributed by atoms with Gasteiger partial charge in [0.1, 0.15) is 5.75 Å². The first-order chi connectivity index (χ1) is 6.38. The van der Waals surface area contributed by atoms with Crippen molar-refractivity contribution in [3.63, 3.8) is 0 Å². The zero-order valence-electron chi connectivity index (χ0n) is 7.31. The minimum atomic E-state index is -4.61. The highest BCUT2D eigenvalue weighted by Crippen LogP contribution is 2.27. The van der Waals surface area contributed by atoms with Gasteiger partial charge < -0.3 is 4.74 Å². The number of alkyl halides is 4. The molecule has 0 spiro atoms. The normalized spacial score (nSPS) is 13.8. The van der Waals surface area contributed by atoms with E-state index >= 15 is 0 Å². The van der Waals surface area contributed by atoms with Gasteiger partial charge in [0.2, 0.25) is 0 Å². The van der Waals surface area contributed by atoms with Crippen molar-refractivity contribution >= 4 is 22.6 Å². The first-order valence-corrected chi connectivity index (χ1v) is 5.13. The number of ether oxygens (including phenoxy) is 1. The third kappa shape index (κ3) is 3.73. The van der Waals surface area contributed by atoms with Crippen LogP contribution in [0.4, 0.5) is 13.2 Å². The van der Waals surface area contributed by atoms with Crippen LogP contribution in [-0.2, 0) is 0 Å². The molecule has 0 amide bonds. The maximum Gasteiger partial charge on any atom is 0.573 e. The fourth-order valence-electron chi connectivity index (χ4n) is 0.935. The predicted molar refractivity (Wildman–Crippen MR) is 55.6 cm³/mol. The lowest BCUT2D eigenvalue weighted by Crippen LogP contribution is -2.17. The highest BCUT2D eigenvalue weighted by atomic mass is 127. The largest absolute Gasteiger partial charge is 0.573 e. The highest BCUT2D eigenvalue weighted by Gasteiger charge is 2.30. The lowest BCUT2D eigenvalue weighted by Gasteiger charge is -2.09. The van der Waals surface area contributed by atoms with Gasteiger partial charge in [-0.05, 0) is 24.6 Å². The van der Waals surface area contributed by atoms with Gasteiger partial charge in [0.05, 0.1) is 0 Å². The van der Waals surface area contributed by atoms with Crippen molar-refractivity contribution < 1.29 is 17.9 Å². The molecule has 0 heterocycles. The smallest absolute Gasteiger partial charge is 0.406 e. The summed E-state index contributed by atoms with van der Waals surface area (Å²) in [4.78, 5) is 0. The van der Waals surface area contributed by atoms with Crippen LogP contribution in [0.25, 0.3) is 0 Å². The Bertz CT molecular complexity index is 292. The summed E-state index contributed by atoms with van der Waals surface area (Å²) in [6.07, 6.45) is -4.61. The Morgan fingerprint density at radius 1 is 1.21 bits per heavy atom. The first-order valence-electron chi connectivity index (χ1n) is 3.88. The van der Waals surface area contributed by atoms with Gasteiger partial charge in [0, 0.05) is 3.92 Å². The SMILES string of the molecule is C[C@@H](I)c1ccc(OC(F)(F)F)cc1. The Morgan fingerprint density at radius 3 is 2.07 bits per heavy atom. The van der Waals surface area contributed by atoms with Crippen molar-refractivity contribution in [3.8, 4) is 5.75 Å². The molecule has 1 aromatic rings. The summed E-state index contributed by atoms with van der Waals surface area (Å²) in [7, 11) is 0. The quantitative estimate of drug-likeness (QED) is 0.590. The molecule has 5 heteroatoms. The number of benzene rings is 1. The lowest BCUT2D eigenvalue weighted by molar-refractivity contribution is -0.274. The summed E-state index contributed by atoms with van der Waals surface area (Å²) in [6.45, 7) is 1.96. The minimum absolute atomic E-state index is 0.182. The van der Waals surface area contributed by atoms with Crippen LogP contribution in [0.2, 0.25) is 0 Å².